The maximum Gasteiger partial charge on any atom is 0.120 e. The fourth-order valence-electron chi connectivity index (χ4n) is 3.72. The van der Waals surface area contributed by atoms with Crippen molar-refractivity contribution in [2.45, 2.75) is 52.9 Å². The molecule has 0 bridgehead atoms. The van der Waals surface area contributed by atoms with Crippen molar-refractivity contribution in [2.24, 2.45) is 17.3 Å². The van der Waals surface area contributed by atoms with Gasteiger partial charge in [-0.1, -0.05) is 32.9 Å². The third kappa shape index (κ3) is 2.00. The van der Waals surface area contributed by atoms with Gasteiger partial charge in [-0.3, -0.25) is 0 Å². The Balaban J connectivity index is 2.37. The van der Waals surface area contributed by atoms with Gasteiger partial charge in [0.25, 0.3) is 0 Å². The summed E-state index contributed by atoms with van der Waals surface area (Å²) in [6.07, 6.45) is 6.60. The van der Waals surface area contributed by atoms with Crippen molar-refractivity contribution in [2.75, 3.05) is 0 Å². The highest BCUT2D eigenvalue weighted by molar-refractivity contribution is 5.54. The van der Waals surface area contributed by atoms with Crippen LogP contribution in [0.4, 0.5) is 0 Å². The van der Waals surface area contributed by atoms with Gasteiger partial charge in [0.15, 0.2) is 0 Å². The highest BCUT2D eigenvalue weighted by Gasteiger charge is 2.43. The molecule has 94 valence electrons. The van der Waals surface area contributed by atoms with E-state index in [0.717, 1.165) is 12.7 Å². The minimum Gasteiger partial charge on any atom is -0.303 e. The first-order chi connectivity index (χ1) is 7.99. The molecule has 0 N–H and O–H groups in total. The Morgan fingerprint density at radius 3 is 2.76 bits per heavy atom. The van der Waals surface area contributed by atoms with E-state index < -0.39 is 0 Å². The van der Waals surface area contributed by atoms with Crippen LogP contribution in [0.5, 0.6) is 0 Å². The first-order valence-electron chi connectivity index (χ1n) is 6.86. The molecule has 0 amide bonds. The van der Waals surface area contributed by atoms with E-state index in [1.54, 1.807) is 5.57 Å². The lowest BCUT2D eigenvalue weighted by Crippen LogP contribution is -2.27. The van der Waals surface area contributed by atoms with E-state index in [-0.39, 0.29) is 0 Å². The van der Waals surface area contributed by atoms with Crippen molar-refractivity contribution in [3.05, 3.63) is 23.3 Å². The summed E-state index contributed by atoms with van der Waals surface area (Å²) in [7, 11) is 0. The normalized spacial score (nSPS) is 33.2. The molecule has 1 nitrogen and oxygen atoms in total. The van der Waals surface area contributed by atoms with Crippen LogP contribution in [0.1, 0.15) is 52.9 Å². The fraction of sp³-hybridized carbons (Fsp3) is 0.688. The second kappa shape index (κ2) is 4.44. The molecule has 0 aromatic carbocycles. The van der Waals surface area contributed by atoms with E-state index in [0.29, 0.717) is 23.7 Å². The zero-order valence-corrected chi connectivity index (χ0v) is 11.4. The molecular weight excluding hydrogens is 208 g/mol. The number of carbonyl (C=O) groups is 1. The summed E-state index contributed by atoms with van der Waals surface area (Å²) in [5.41, 5.74) is 4.77. The van der Waals surface area contributed by atoms with Gasteiger partial charge in [0, 0.05) is 6.42 Å². The number of allylic oxidation sites excluding steroid dienone is 3. The van der Waals surface area contributed by atoms with Gasteiger partial charge in [-0.2, -0.15) is 0 Å². The van der Waals surface area contributed by atoms with Crippen LogP contribution in [-0.2, 0) is 4.79 Å². The molecule has 2 aliphatic rings. The third-order valence-corrected chi connectivity index (χ3v) is 4.81. The first kappa shape index (κ1) is 12.6. The third-order valence-electron chi connectivity index (χ3n) is 4.81. The Morgan fingerprint density at radius 1 is 1.47 bits per heavy atom. The van der Waals surface area contributed by atoms with Crippen LogP contribution in [0.3, 0.4) is 0 Å². The molecule has 2 atom stereocenters. The van der Waals surface area contributed by atoms with Crippen LogP contribution in [-0.4, -0.2) is 6.29 Å². The monoisotopic (exact) mass is 232 g/mol. The minimum absolute atomic E-state index is 0.357. The van der Waals surface area contributed by atoms with E-state index in [2.05, 4.69) is 27.4 Å². The molecular formula is C16H24O. The summed E-state index contributed by atoms with van der Waals surface area (Å²) in [6, 6.07) is 0. The molecule has 17 heavy (non-hydrogen) atoms. The van der Waals surface area contributed by atoms with Gasteiger partial charge in [-0.05, 0) is 54.1 Å². The number of aldehydes is 1. The lowest BCUT2D eigenvalue weighted by atomic mass is 9.65. The largest absolute Gasteiger partial charge is 0.303 e. The fourth-order valence-corrected chi connectivity index (χ4v) is 3.72. The van der Waals surface area contributed by atoms with Crippen molar-refractivity contribution in [3.63, 3.8) is 0 Å². The van der Waals surface area contributed by atoms with Gasteiger partial charge in [-0.25, -0.2) is 0 Å². The quantitative estimate of drug-likeness (QED) is 0.663. The minimum atomic E-state index is 0.357. The molecule has 0 aliphatic heterocycles. The van der Waals surface area contributed by atoms with Crippen LogP contribution in [0.15, 0.2) is 23.3 Å². The zero-order chi connectivity index (χ0) is 12.6. The number of fused-ring (bicyclic) bond motifs is 1. The summed E-state index contributed by atoms with van der Waals surface area (Å²) in [6.45, 7) is 11.3. The molecule has 0 aromatic heterocycles. The molecule has 0 spiro atoms. The average Bonchev–Trinajstić information content (AvgIpc) is 2.62. The van der Waals surface area contributed by atoms with Crippen LogP contribution in [0, 0.1) is 17.3 Å². The summed E-state index contributed by atoms with van der Waals surface area (Å²) in [5, 5.41) is 0. The molecule has 0 unspecified atom stereocenters. The van der Waals surface area contributed by atoms with E-state index in [4.69, 9.17) is 0 Å². The number of rotatable bonds is 3. The van der Waals surface area contributed by atoms with Crippen molar-refractivity contribution in [3.8, 4) is 0 Å². The van der Waals surface area contributed by atoms with Gasteiger partial charge in [-0.15, -0.1) is 0 Å². The van der Waals surface area contributed by atoms with Crippen LogP contribution in [0.2, 0.25) is 0 Å². The molecule has 2 aliphatic carbocycles. The topological polar surface area (TPSA) is 17.1 Å². The van der Waals surface area contributed by atoms with Crippen molar-refractivity contribution in [1.29, 1.82) is 0 Å². The van der Waals surface area contributed by atoms with E-state index in [1.807, 2.05) is 0 Å². The second-order valence-corrected chi connectivity index (χ2v) is 6.28. The summed E-state index contributed by atoms with van der Waals surface area (Å²) in [5.74, 6) is 1.03. The van der Waals surface area contributed by atoms with E-state index >= 15 is 0 Å². The van der Waals surface area contributed by atoms with Crippen LogP contribution >= 0.6 is 0 Å². The number of carbonyl (C=O) groups excluding carboxylic acids is 1. The summed E-state index contributed by atoms with van der Waals surface area (Å²) in [4.78, 5) is 10.7. The van der Waals surface area contributed by atoms with Gasteiger partial charge >= 0.3 is 0 Å². The Bertz CT molecular complexity index is 375. The SMILES string of the molecule is C=C1C2=C(C(C)C)CC[C@]2(C)CC[C@H]1CC=O. The van der Waals surface area contributed by atoms with E-state index in [9.17, 15) is 4.79 Å². The molecule has 0 saturated heterocycles. The Morgan fingerprint density at radius 2 is 2.18 bits per heavy atom. The Kier molecular flexibility index (Phi) is 3.29. The standard InChI is InChI=1S/C16H24O/c1-11(2)14-6-9-16(4)8-5-13(7-10-17)12(3)15(14)16/h10-11,13H,3,5-9H2,1-2,4H3/t13-,16-/m0/s1. The first-order valence-corrected chi connectivity index (χ1v) is 6.86. The van der Waals surface area contributed by atoms with Gasteiger partial charge in [0.1, 0.15) is 6.29 Å². The molecule has 1 heteroatoms. The molecule has 0 aromatic rings. The lowest BCUT2D eigenvalue weighted by molar-refractivity contribution is -0.108. The highest BCUT2D eigenvalue weighted by Crippen LogP contribution is 2.56. The van der Waals surface area contributed by atoms with Crippen molar-refractivity contribution in [1.82, 2.24) is 0 Å². The Labute approximate surface area is 105 Å². The number of hydrogen-bond acceptors (Lipinski definition) is 1. The van der Waals surface area contributed by atoms with Gasteiger partial charge in [0.05, 0.1) is 0 Å². The maximum absolute atomic E-state index is 10.7. The summed E-state index contributed by atoms with van der Waals surface area (Å²) >= 11 is 0. The van der Waals surface area contributed by atoms with Crippen LogP contribution in [0.25, 0.3) is 0 Å². The molecule has 1 fully saturated rings. The van der Waals surface area contributed by atoms with Crippen molar-refractivity contribution >= 4 is 6.29 Å². The molecule has 2 rings (SSSR count). The maximum atomic E-state index is 10.7. The van der Waals surface area contributed by atoms with Gasteiger partial charge < -0.3 is 4.79 Å². The second-order valence-electron chi connectivity index (χ2n) is 6.28. The molecule has 1 saturated carbocycles. The van der Waals surface area contributed by atoms with Crippen LogP contribution < -0.4 is 0 Å². The predicted octanol–water partition coefficient (Wildman–Crippen LogP) is 4.29. The van der Waals surface area contributed by atoms with E-state index in [1.165, 1.54) is 30.4 Å². The molecule has 0 radical (unpaired) electrons. The molecule has 0 heterocycles. The lowest BCUT2D eigenvalue weighted by Gasteiger charge is -2.39. The Hall–Kier alpha value is -0.850. The smallest absolute Gasteiger partial charge is 0.120 e. The number of hydrogen-bond donors (Lipinski definition) is 0. The average molecular weight is 232 g/mol. The zero-order valence-electron chi connectivity index (χ0n) is 11.4. The van der Waals surface area contributed by atoms with Crippen molar-refractivity contribution < 1.29 is 4.79 Å². The van der Waals surface area contributed by atoms with Gasteiger partial charge in [0.2, 0.25) is 0 Å². The predicted molar refractivity (Wildman–Crippen MR) is 71.8 cm³/mol. The summed E-state index contributed by atoms with van der Waals surface area (Å²) < 4.78 is 0. The highest BCUT2D eigenvalue weighted by atomic mass is 16.1.